The SMILES string of the molecule is Cl.NCCC1CCCCN1C(=O)c1cccc(F)c1F. The molecule has 1 unspecified atom stereocenters. The van der Waals surface area contributed by atoms with Crippen molar-refractivity contribution in [3.05, 3.63) is 35.4 Å². The van der Waals surface area contributed by atoms with Crippen LogP contribution in [-0.2, 0) is 0 Å². The van der Waals surface area contributed by atoms with Crippen molar-refractivity contribution in [2.24, 2.45) is 5.73 Å². The molecule has 1 aromatic rings. The van der Waals surface area contributed by atoms with Crippen LogP contribution in [0.1, 0.15) is 36.0 Å². The van der Waals surface area contributed by atoms with Gasteiger partial charge >= 0.3 is 0 Å². The van der Waals surface area contributed by atoms with E-state index < -0.39 is 17.5 Å². The molecule has 0 saturated carbocycles. The lowest BCUT2D eigenvalue weighted by molar-refractivity contribution is 0.0599. The monoisotopic (exact) mass is 304 g/mol. The van der Waals surface area contributed by atoms with Gasteiger partial charge in [-0.05, 0) is 44.4 Å². The Kier molecular flexibility index (Phi) is 6.36. The highest BCUT2D eigenvalue weighted by molar-refractivity contribution is 5.94. The normalized spacial score (nSPS) is 18.6. The molecule has 1 amide bonds. The predicted molar refractivity (Wildman–Crippen MR) is 76.0 cm³/mol. The minimum Gasteiger partial charge on any atom is -0.336 e. The number of nitrogens with two attached hydrogens (primary N) is 1. The Bertz CT molecular complexity index is 468. The molecule has 0 radical (unpaired) electrons. The number of amides is 1. The summed E-state index contributed by atoms with van der Waals surface area (Å²) in [5, 5.41) is 0. The summed E-state index contributed by atoms with van der Waals surface area (Å²) < 4.78 is 26.9. The Hall–Kier alpha value is -1.20. The van der Waals surface area contributed by atoms with Gasteiger partial charge in [-0.1, -0.05) is 6.07 Å². The molecular formula is C14H19ClF2N2O. The van der Waals surface area contributed by atoms with Gasteiger partial charge in [0.1, 0.15) is 0 Å². The molecule has 20 heavy (non-hydrogen) atoms. The standard InChI is InChI=1S/C14H18F2N2O.ClH/c15-12-6-3-5-11(13(12)16)14(19)18-9-2-1-4-10(18)7-8-17;/h3,5-6,10H,1-2,4,7-9,17H2;1H. The van der Waals surface area contributed by atoms with E-state index in [0.29, 0.717) is 19.5 Å². The maximum Gasteiger partial charge on any atom is 0.257 e. The first-order valence-electron chi connectivity index (χ1n) is 6.60. The topological polar surface area (TPSA) is 46.3 Å². The Labute approximate surface area is 123 Å². The maximum atomic E-state index is 13.7. The first-order chi connectivity index (χ1) is 9.15. The molecule has 1 aromatic carbocycles. The van der Waals surface area contributed by atoms with Crippen molar-refractivity contribution in [3.63, 3.8) is 0 Å². The van der Waals surface area contributed by atoms with E-state index in [1.54, 1.807) is 4.90 Å². The lowest BCUT2D eigenvalue weighted by Crippen LogP contribution is -2.45. The smallest absolute Gasteiger partial charge is 0.257 e. The molecule has 6 heteroatoms. The third kappa shape index (κ3) is 3.46. The van der Waals surface area contributed by atoms with Gasteiger partial charge in [0.2, 0.25) is 0 Å². The lowest BCUT2D eigenvalue weighted by atomic mass is 9.98. The van der Waals surface area contributed by atoms with Crippen LogP contribution in [-0.4, -0.2) is 29.9 Å². The molecule has 1 atom stereocenters. The Morgan fingerprint density at radius 1 is 1.35 bits per heavy atom. The molecule has 3 nitrogen and oxygen atoms in total. The maximum absolute atomic E-state index is 13.7. The molecule has 0 bridgehead atoms. The zero-order valence-corrected chi connectivity index (χ0v) is 12.0. The van der Waals surface area contributed by atoms with E-state index in [9.17, 15) is 13.6 Å². The predicted octanol–water partition coefficient (Wildman–Crippen LogP) is 2.73. The number of carbonyl (C=O) groups is 1. The van der Waals surface area contributed by atoms with Gasteiger partial charge in [0, 0.05) is 12.6 Å². The first kappa shape index (κ1) is 16.9. The number of nitrogens with zero attached hydrogens (tertiary/aromatic N) is 1. The highest BCUT2D eigenvalue weighted by atomic mass is 35.5. The second-order valence-electron chi connectivity index (χ2n) is 4.83. The van der Waals surface area contributed by atoms with Crippen molar-refractivity contribution in [2.45, 2.75) is 31.7 Å². The number of rotatable bonds is 3. The van der Waals surface area contributed by atoms with Crippen molar-refractivity contribution in [1.82, 2.24) is 4.90 Å². The van der Waals surface area contributed by atoms with Crippen molar-refractivity contribution in [3.8, 4) is 0 Å². The van der Waals surface area contributed by atoms with Crippen LogP contribution in [0.15, 0.2) is 18.2 Å². The molecule has 1 aliphatic heterocycles. The number of halogens is 3. The second-order valence-corrected chi connectivity index (χ2v) is 4.83. The summed E-state index contributed by atoms with van der Waals surface area (Å²) in [5.74, 6) is -2.49. The third-order valence-electron chi connectivity index (χ3n) is 3.57. The summed E-state index contributed by atoms with van der Waals surface area (Å²) in [6, 6.07) is 3.73. The minimum atomic E-state index is -1.07. The zero-order chi connectivity index (χ0) is 13.8. The number of benzene rings is 1. The fraction of sp³-hybridized carbons (Fsp3) is 0.500. The van der Waals surface area contributed by atoms with Gasteiger partial charge < -0.3 is 10.6 Å². The Balaban J connectivity index is 0.00000200. The quantitative estimate of drug-likeness (QED) is 0.933. The molecule has 0 aromatic heterocycles. The highest BCUT2D eigenvalue weighted by Gasteiger charge is 2.28. The number of piperidine rings is 1. The summed E-state index contributed by atoms with van der Waals surface area (Å²) in [7, 11) is 0. The van der Waals surface area contributed by atoms with E-state index >= 15 is 0 Å². The van der Waals surface area contributed by atoms with Gasteiger partial charge in [0.25, 0.3) is 5.91 Å². The van der Waals surface area contributed by atoms with Crippen molar-refractivity contribution in [2.75, 3.05) is 13.1 Å². The fourth-order valence-corrected chi connectivity index (χ4v) is 2.58. The molecule has 112 valence electrons. The summed E-state index contributed by atoms with van der Waals surface area (Å²) >= 11 is 0. The third-order valence-corrected chi connectivity index (χ3v) is 3.57. The average molecular weight is 305 g/mol. The Morgan fingerprint density at radius 2 is 2.10 bits per heavy atom. The molecule has 0 aliphatic carbocycles. The van der Waals surface area contributed by atoms with Crippen molar-refractivity contribution < 1.29 is 13.6 Å². The summed E-state index contributed by atoms with van der Waals surface area (Å²) in [6.07, 6.45) is 3.51. The van der Waals surface area contributed by atoms with Crippen molar-refractivity contribution >= 4 is 18.3 Å². The van der Waals surface area contributed by atoms with Gasteiger partial charge in [-0.3, -0.25) is 4.79 Å². The van der Waals surface area contributed by atoms with Crippen LogP contribution in [0, 0.1) is 11.6 Å². The van der Waals surface area contributed by atoms with E-state index in [4.69, 9.17) is 5.73 Å². The number of hydrogen-bond acceptors (Lipinski definition) is 2. The molecular weight excluding hydrogens is 286 g/mol. The van der Waals surface area contributed by atoms with E-state index in [1.165, 1.54) is 12.1 Å². The molecule has 1 fully saturated rings. The summed E-state index contributed by atoms with van der Waals surface area (Å²) in [6.45, 7) is 1.07. The zero-order valence-electron chi connectivity index (χ0n) is 11.1. The van der Waals surface area contributed by atoms with Crippen LogP contribution >= 0.6 is 12.4 Å². The van der Waals surface area contributed by atoms with Gasteiger partial charge in [-0.15, -0.1) is 12.4 Å². The van der Waals surface area contributed by atoms with E-state index in [1.807, 2.05) is 0 Å². The van der Waals surface area contributed by atoms with Crippen LogP contribution in [0.2, 0.25) is 0 Å². The largest absolute Gasteiger partial charge is 0.336 e. The van der Waals surface area contributed by atoms with Gasteiger partial charge in [0.05, 0.1) is 5.56 Å². The first-order valence-corrected chi connectivity index (χ1v) is 6.60. The van der Waals surface area contributed by atoms with E-state index in [2.05, 4.69) is 0 Å². The summed E-state index contributed by atoms with van der Waals surface area (Å²) in [4.78, 5) is 14.0. The van der Waals surface area contributed by atoms with Crippen LogP contribution in [0.25, 0.3) is 0 Å². The molecule has 0 spiro atoms. The molecule has 1 aliphatic rings. The Morgan fingerprint density at radius 3 is 2.80 bits per heavy atom. The van der Waals surface area contributed by atoms with Crippen LogP contribution in [0.3, 0.4) is 0 Å². The molecule has 2 N–H and O–H groups in total. The van der Waals surface area contributed by atoms with Gasteiger partial charge in [-0.2, -0.15) is 0 Å². The highest BCUT2D eigenvalue weighted by Crippen LogP contribution is 2.23. The number of likely N-dealkylation sites (tertiary alicyclic amines) is 1. The second kappa shape index (κ2) is 7.55. The summed E-state index contributed by atoms with van der Waals surface area (Å²) in [5.41, 5.74) is 5.35. The fourth-order valence-electron chi connectivity index (χ4n) is 2.58. The van der Waals surface area contributed by atoms with E-state index in [-0.39, 0.29) is 24.0 Å². The molecule has 1 heterocycles. The van der Waals surface area contributed by atoms with Gasteiger partial charge in [0.15, 0.2) is 11.6 Å². The number of carbonyl (C=O) groups excluding carboxylic acids is 1. The molecule has 1 saturated heterocycles. The van der Waals surface area contributed by atoms with Crippen LogP contribution in [0.4, 0.5) is 8.78 Å². The van der Waals surface area contributed by atoms with Crippen LogP contribution in [0.5, 0.6) is 0 Å². The van der Waals surface area contributed by atoms with Crippen LogP contribution < -0.4 is 5.73 Å². The van der Waals surface area contributed by atoms with Crippen molar-refractivity contribution in [1.29, 1.82) is 0 Å². The lowest BCUT2D eigenvalue weighted by Gasteiger charge is -2.35. The number of hydrogen-bond donors (Lipinski definition) is 1. The van der Waals surface area contributed by atoms with Gasteiger partial charge in [-0.25, -0.2) is 8.78 Å². The average Bonchev–Trinajstić information content (AvgIpc) is 2.42. The minimum absolute atomic E-state index is 0. The van der Waals surface area contributed by atoms with E-state index in [0.717, 1.165) is 25.3 Å². The molecule has 2 rings (SSSR count).